The molecule has 0 amide bonds. The molecule has 0 radical (unpaired) electrons. The predicted octanol–water partition coefficient (Wildman–Crippen LogP) is 6.36. The highest BCUT2D eigenvalue weighted by molar-refractivity contribution is 5.75. The summed E-state index contributed by atoms with van der Waals surface area (Å²) in [7, 11) is 1.61. The van der Waals surface area contributed by atoms with Crippen LogP contribution in [0.5, 0.6) is 0 Å². The van der Waals surface area contributed by atoms with Crippen LogP contribution in [0.4, 0.5) is 0 Å². The Bertz CT molecular complexity index is 1460. The number of aromatic nitrogens is 1. The summed E-state index contributed by atoms with van der Waals surface area (Å²) in [5.74, 6) is 0. The molecular formula is C26H32N+. The van der Waals surface area contributed by atoms with E-state index in [1.807, 2.05) is 0 Å². The van der Waals surface area contributed by atoms with E-state index in [1.54, 1.807) is 39.3 Å². The maximum Gasteiger partial charge on any atom is 0.212 e. The Morgan fingerprint density at radius 3 is 2.30 bits per heavy atom. The van der Waals surface area contributed by atoms with E-state index in [-0.39, 0.29) is 27.8 Å². The van der Waals surface area contributed by atoms with Gasteiger partial charge in [-0.15, -0.1) is 0 Å². The van der Waals surface area contributed by atoms with Crippen molar-refractivity contribution in [2.75, 3.05) is 0 Å². The van der Waals surface area contributed by atoms with E-state index in [0.29, 0.717) is 16.8 Å². The van der Waals surface area contributed by atoms with Gasteiger partial charge in [0.25, 0.3) is 0 Å². The molecule has 1 heterocycles. The standard InChI is InChI=1S/C26H32N/c1-18-14-25(27(7)17-22(18)16-26(4,5)6)24-15-23(19(2)13-20(24)3)21-11-9-8-10-12-21/h8-15,17H,16H2,1-7H3/q+1/i1D3,2D3,8D,9D,10D,11D,12D,16D2. The maximum absolute atomic E-state index is 8.75. The minimum atomic E-state index is -2.69. The average molecular weight is 372 g/mol. The molecule has 27 heavy (non-hydrogen) atoms. The van der Waals surface area contributed by atoms with Crippen molar-refractivity contribution < 1.29 is 22.4 Å². The molecule has 0 aliphatic heterocycles. The molecule has 1 heteroatoms. The van der Waals surface area contributed by atoms with Gasteiger partial charge in [0.2, 0.25) is 5.69 Å². The monoisotopic (exact) mass is 371 g/mol. The molecule has 0 N–H and O–H groups in total. The van der Waals surface area contributed by atoms with Crippen molar-refractivity contribution in [3.63, 3.8) is 0 Å². The average Bonchev–Trinajstić information content (AvgIpc) is 2.80. The molecule has 0 fully saturated rings. The van der Waals surface area contributed by atoms with Gasteiger partial charge >= 0.3 is 0 Å². The maximum atomic E-state index is 8.75. The molecule has 0 atom stereocenters. The van der Waals surface area contributed by atoms with Crippen LogP contribution >= 0.6 is 0 Å². The van der Waals surface area contributed by atoms with Gasteiger partial charge in [-0.2, -0.15) is 0 Å². The van der Waals surface area contributed by atoms with Gasteiger partial charge in [-0.25, -0.2) is 4.57 Å². The van der Waals surface area contributed by atoms with Gasteiger partial charge < -0.3 is 0 Å². The molecule has 1 aromatic heterocycles. The van der Waals surface area contributed by atoms with E-state index < -0.39 is 55.7 Å². The second-order valence-electron chi connectivity index (χ2n) is 7.68. The summed E-state index contributed by atoms with van der Waals surface area (Å²) in [6.07, 6.45) is -0.602. The molecule has 0 aliphatic rings. The summed E-state index contributed by atoms with van der Waals surface area (Å²) in [5.41, 5.74) is -0.605. The molecule has 0 spiro atoms. The first-order chi connectivity index (χ1) is 17.9. The van der Waals surface area contributed by atoms with Crippen LogP contribution in [0.25, 0.3) is 22.4 Å². The van der Waals surface area contributed by atoms with Crippen LogP contribution in [0.2, 0.25) is 0 Å². The summed E-state index contributed by atoms with van der Waals surface area (Å²) in [4.78, 5) is 0. The second kappa shape index (κ2) is 7.31. The molecule has 0 saturated carbocycles. The lowest BCUT2D eigenvalue weighted by atomic mass is 9.86. The highest BCUT2D eigenvalue weighted by atomic mass is 14.9. The minimum Gasteiger partial charge on any atom is -0.201 e. The van der Waals surface area contributed by atoms with Gasteiger partial charge in [0.1, 0.15) is 7.05 Å². The van der Waals surface area contributed by atoms with Crippen molar-refractivity contribution in [1.29, 1.82) is 0 Å². The molecule has 0 unspecified atom stereocenters. The van der Waals surface area contributed by atoms with E-state index in [2.05, 4.69) is 0 Å². The van der Waals surface area contributed by atoms with Gasteiger partial charge in [-0.05, 0) is 66.3 Å². The Balaban J connectivity index is 2.50. The summed E-state index contributed by atoms with van der Waals surface area (Å²) >= 11 is 0. The fraction of sp³-hybridized carbons (Fsp3) is 0.346. The van der Waals surface area contributed by atoms with E-state index in [4.69, 9.17) is 17.8 Å². The molecule has 0 saturated heterocycles. The Labute approximate surface area is 183 Å². The number of rotatable bonds is 3. The third kappa shape index (κ3) is 4.30. The molecule has 3 aromatic rings. The first-order valence-electron chi connectivity index (χ1n) is 15.2. The summed E-state index contributed by atoms with van der Waals surface area (Å²) < 4.78 is 109. The van der Waals surface area contributed by atoms with Crippen LogP contribution in [-0.4, -0.2) is 0 Å². The van der Waals surface area contributed by atoms with Crippen LogP contribution < -0.4 is 4.57 Å². The van der Waals surface area contributed by atoms with Crippen LogP contribution in [0.3, 0.4) is 0 Å². The third-order valence-corrected chi connectivity index (χ3v) is 4.19. The summed E-state index contributed by atoms with van der Waals surface area (Å²) in [5, 5.41) is 0. The zero-order valence-electron chi connectivity index (χ0n) is 29.3. The zero-order valence-corrected chi connectivity index (χ0v) is 16.3. The van der Waals surface area contributed by atoms with Crippen LogP contribution in [0.1, 0.15) is 60.8 Å². The van der Waals surface area contributed by atoms with Gasteiger partial charge in [-0.1, -0.05) is 57.0 Å². The van der Waals surface area contributed by atoms with Crippen LogP contribution in [-0.2, 0) is 13.4 Å². The summed E-state index contributed by atoms with van der Waals surface area (Å²) in [6.45, 7) is 1.28. The Morgan fingerprint density at radius 2 is 1.67 bits per heavy atom. The second-order valence-corrected chi connectivity index (χ2v) is 7.68. The molecule has 0 bridgehead atoms. The van der Waals surface area contributed by atoms with Gasteiger partial charge in [0, 0.05) is 28.2 Å². The number of hydrogen-bond donors (Lipinski definition) is 0. The number of aryl methyl sites for hydroxylation is 4. The van der Waals surface area contributed by atoms with Crippen LogP contribution in [0, 0.1) is 26.0 Å². The predicted molar refractivity (Wildman–Crippen MR) is 116 cm³/mol. The molecular weight excluding hydrogens is 326 g/mol. The molecule has 3 rings (SSSR count). The highest BCUT2D eigenvalue weighted by Gasteiger charge is 2.20. The van der Waals surface area contributed by atoms with Gasteiger partial charge in [0.05, 0.1) is 6.85 Å². The Kier molecular flexibility index (Phi) is 2.36. The number of pyridine rings is 1. The van der Waals surface area contributed by atoms with Crippen molar-refractivity contribution in [1.82, 2.24) is 0 Å². The van der Waals surface area contributed by atoms with Crippen molar-refractivity contribution in [2.24, 2.45) is 12.5 Å². The lowest BCUT2D eigenvalue weighted by Gasteiger charge is -2.19. The first kappa shape index (κ1) is 8.73. The van der Waals surface area contributed by atoms with Crippen molar-refractivity contribution in [3.05, 3.63) is 76.9 Å². The molecule has 140 valence electrons. The Morgan fingerprint density at radius 1 is 0.963 bits per heavy atom. The number of hydrogen-bond acceptors (Lipinski definition) is 0. The van der Waals surface area contributed by atoms with E-state index in [9.17, 15) is 0 Å². The lowest BCUT2D eigenvalue weighted by molar-refractivity contribution is -0.660. The molecule has 2 aromatic carbocycles. The minimum absolute atomic E-state index is 0.00569. The smallest absolute Gasteiger partial charge is 0.201 e. The van der Waals surface area contributed by atoms with E-state index >= 15 is 0 Å². The van der Waals surface area contributed by atoms with Gasteiger partial charge in [0.15, 0.2) is 6.20 Å². The highest BCUT2D eigenvalue weighted by Crippen LogP contribution is 2.32. The number of nitrogens with zero attached hydrogens (tertiary/aromatic N) is 1. The lowest BCUT2D eigenvalue weighted by Crippen LogP contribution is -2.32. The SMILES string of the molecule is [2H]c1c([2H])c([2H])c(-c2cc(-c3cc(C([2H])([2H])[2H])c(C([2H])([2H])C(C)(C)C)c[n+]3C)c(C)cc2C([2H])([2H])[2H])c([2H])c1[2H]. The van der Waals surface area contributed by atoms with Crippen molar-refractivity contribution >= 4 is 0 Å². The third-order valence-electron chi connectivity index (χ3n) is 4.19. The normalized spacial score (nSPS) is 20.1. The fourth-order valence-corrected chi connectivity index (χ4v) is 3.00. The molecule has 1 nitrogen and oxygen atoms in total. The summed E-state index contributed by atoms with van der Waals surface area (Å²) in [6, 6.07) is 1.16. The molecule has 0 aliphatic carbocycles. The van der Waals surface area contributed by atoms with E-state index in [1.165, 1.54) is 24.4 Å². The Hall–Kier alpha value is -2.41. The van der Waals surface area contributed by atoms with Gasteiger partial charge in [-0.3, -0.25) is 0 Å². The largest absolute Gasteiger partial charge is 0.212 e. The van der Waals surface area contributed by atoms with Crippen molar-refractivity contribution in [2.45, 2.75) is 47.8 Å². The first-order valence-corrected chi connectivity index (χ1v) is 8.70. The topological polar surface area (TPSA) is 3.88 Å². The fourth-order valence-electron chi connectivity index (χ4n) is 3.00. The van der Waals surface area contributed by atoms with Crippen molar-refractivity contribution in [3.8, 4) is 22.4 Å². The zero-order chi connectivity index (χ0) is 30.9. The van der Waals surface area contributed by atoms with Crippen LogP contribution in [0.15, 0.2) is 54.6 Å². The number of benzene rings is 2. The van der Waals surface area contributed by atoms with E-state index in [0.717, 1.165) is 0 Å². The quantitative estimate of drug-likeness (QED) is 0.472.